The van der Waals surface area contributed by atoms with Gasteiger partial charge in [-0.2, -0.15) is 5.10 Å². The van der Waals surface area contributed by atoms with Crippen molar-refractivity contribution < 1.29 is 9.53 Å². The molecule has 166 valence electrons. The van der Waals surface area contributed by atoms with E-state index >= 15 is 0 Å². The minimum absolute atomic E-state index is 0.00161. The van der Waals surface area contributed by atoms with Crippen molar-refractivity contribution in [3.63, 3.8) is 0 Å². The molecule has 8 heteroatoms. The zero-order chi connectivity index (χ0) is 21.8. The van der Waals surface area contributed by atoms with Crippen molar-refractivity contribution in [1.29, 1.82) is 0 Å². The van der Waals surface area contributed by atoms with Gasteiger partial charge in [0.15, 0.2) is 0 Å². The molecule has 2 aromatic rings. The lowest BCUT2D eigenvalue weighted by molar-refractivity contribution is -0.137. The number of amides is 1. The van der Waals surface area contributed by atoms with Crippen LogP contribution in [-0.4, -0.2) is 46.9 Å². The fraction of sp³-hybridized carbons (Fsp3) is 0.522. The summed E-state index contributed by atoms with van der Waals surface area (Å²) in [5, 5.41) is 7.71. The Balaban J connectivity index is 1.41. The van der Waals surface area contributed by atoms with Crippen molar-refractivity contribution in [3.8, 4) is 0 Å². The number of halogens is 1. The number of nitrogens with zero attached hydrogens (tertiary/aromatic N) is 3. The van der Waals surface area contributed by atoms with E-state index in [4.69, 9.17) is 16.3 Å². The minimum Gasteiger partial charge on any atom is -0.382 e. The number of hydrogen-bond donors (Lipinski definition) is 1. The summed E-state index contributed by atoms with van der Waals surface area (Å²) in [5.74, 6) is 0.428. The zero-order valence-corrected chi connectivity index (χ0v) is 18.6. The Hall–Kier alpha value is -2.38. The lowest BCUT2D eigenvalue weighted by Gasteiger charge is -2.36. The average molecular weight is 445 g/mol. The molecule has 2 fully saturated rings. The molecule has 1 amide bonds. The maximum absolute atomic E-state index is 12.9. The number of nitrogens with one attached hydrogen (secondary N) is 1. The number of ether oxygens (including phenoxy) is 1. The van der Waals surface area contributed by atoms with Gasteiger partial charge in [-0.05, 0) is 37.7 Å². The summed E-state index contributed by atoms with van der Waals surface area (Å²) in [4.78, 5) is 27.6. The van der Waals surface area contributed by atoms with Gasteiger partial charge >= 0.3 is 0 Å². The molecule has 0 aliphatic carbocycles. The first-order valence-electron chi connectivity index (χ1n) is 11.0. The van der Waals surface area contributed by atoms with Crippen LogP contribution in [-0.2, 0) is 9.53 Å². The van der Waals surface area contributed by atoms with Crippen LogP contribution in [0.2, 0.25) is 5.02 Å². The molecule has 1 aromatic carbocycles. The van der Waals surface area contributed by atoms with Crippen LogP contribution in [0.3, 0.4) is 0 Å². The second-order valence-electron chi connectivity index (χ2n) is 8.41. The van der Waals surface area contributed by atoms with Crippen LogP contribution in [0.1, 0.15) is 50.3 Å². The molecule has 0 saturated carbocycles. The number of aromatic nitrogens is 2. The first-order chi connectivity index (χ1) is 15.0. The van der Waals surface area contributed by atoms with Crippen molar-refractivity contribution in [2.24, 2.45) is 5.92 Å². The van der Waals surface area contributed by atoms with Gasteiger partial charge in [-0.1, -0.05) is 41.9 Å². The van der Waals surface area contributed by atoms with Gasteiger partial charge in [0.05, 0.1) is 30.6 Å². The number of likely N-dealkylation sites (tertiary alicyclic amines) is 1. The van der Waals surface area contributed by atoms with Gasteiger partial charge in [-0.15, -0.1) is 0 Å². The van der Waals surface area contributed by atoms with Crippen LogP contribution < -0.4 is 10.9 Å². The van der Waals surface area contributed by atoms with Crippen molar-refractivity contribution >= 4 is 23.2 Å². The van der Waals surface area contributed by atoms with Gasteiger partial charge in [0.2, 0.25) is 5.91 Å². The smallest absolute Gasteiger partial charge is 0.287 e. The van der Waals surface area contributed by atoms with Crippen LogP contribution in [0.15, 0.2) is 41.3 Å². The van der Waals surface area contributed by atoms with Crippen molar-refractivity contribution in [2.75, 3.05) is 31.6 Å². The molecular weight excluding hydrogens is 416 g/mol. The Kier molecular flexibility index (Phi) is 6.92. The fourth-order valence-corrected chi connectivity index (χ4v) is 4.62. The van der Waals surface area contributed by atoms with E-state index in [1.165, 1.54) is 4.68 Å². The Labute approximate surface area is 187 Å². The third kappa shape index (κ3) is 4.93. The second-order valence-corrected chi connectivity index (χ2v) is 8.78. The summed E-state index contributed by atoms with van der Waals surface area (Å²) in [6.45, 7) is 4.84. The van der Waals surface area contributed by atoms with Crippen LogP contribution in [0.4, 0.5) is 5.69 Å². The monoisotopic (exact) mass is 444 g/mol. The summed E-state index contributed by atoms with van der Waals surface area (Å²) >= 11 is 6.37. The number of piperidine rings is 1. The summed E-state index contributed by atoms with van der Waals surface area (Å²) < 4.78 is 6.87. The predicted molar refractivity (Wildman–Crippen MR) is 120 cm³/mol. The molecule has 0 spiro atoms. The molecule has 1 aromatic heterocycles. The van der Waals surface area contributed by atoms with Gasteiger partial charge in [-0.25, -0.2) is 4.68 Å². The highest BCUT2D eigenvalue weighted by atomic mass is 35.5. The standard InChI is InChI=1S/C23H29ClN4O3/c1-16(18-7-3-2-4-8-18)27-10-9-19(12-21(27)29)28-23(30)22(24)20(14-26-28)25-13-17-6-5-11-31-15-17/h2-4,7-8,14,16-17,19,25H,5-6,9-13,15H2,1H3/t16?,17-,19+/m0/s1. The lowest BCUT2D eigenvalue weighted by atomic mass is 9.99. The lowest BCUT2D eigenvalue weighted by Crippen LogP contribution is -2.43. The summed E-state index contributed by atoms with van der Waals surface area (Å²) in [6, 6.07) is 9.70. The van der Waals surface area contributed by atoms with Crippen LogP contribution >= 0.6 is 11.6 Å². The van der Waals surface area contributed by atoms with Gasteiger partial charge in [0.1, 0.15) is 5.02 Å². The van der Waals surface area contributed by atoms with Gasteiger partial charge in [0, 0.05) is 26.1 Å². The normalized spacial score (nSPS) is 22.9. The number of hydrogen-bond acceptors (Lipinski definition) is 5. The van der Waals surface area contributed by atoms with Crippen molar-refractivity contribution in [2.45, 2.75) is 44.7 Å². The highest BCUT2D eigenvalue weighted by molar-refractivity contribution is 6.32. The maximum atomic E-state index is 12.9. The molecule has 3 heterocycles. The molecule has 7 nitrogen and oxygen atoms in total. The molecule has 1 N–H and O–H groups in total. The van der Waals surface area contributed by atoms with E-state index in [0.29, 0.717) is 31.1 Å². The van der Waals surface area contributed by atoms with E-state index < -0.39 is 0 Å². The van der Waals surface area contributed by atoms with E-state index in [9.17, 15) is 9.59 Å². The van der Waals surface area contributed by atoms with E-state index in [-0.39, 0.29) is 35.0 Å². The minimum atomic E-state index is -0.353. The van der Waals surface area contributed by atoms with E-state index in [0.717, 1.165) is 31.6 Å². The molecule has 0 bridgehead atoms. The first kappa shape index (κ1) is 21.8. The molecule has 4 rings (SSSR count). The van der Waals surface area contributed by atoms with Crippen molar-refractivity contribution in [3.05, 3.63) is 57.5 Å². The van der Waals surface area contributed by atoms with E-state index in [1.54, 1.807) is 6.20 Å². The molecule has 1 unspecified atom stereocenters. The number of carbonyl (C=O) groups excluding carboxylic acids is 1. The molecule has 2 saturated heterocycles. The predicted octanol–water partition coefficient (Wildman–Crippen LogP) is 3.66. The molecule has 3 atom stereocenters. The third-order valence-corrected chi connectivity index (χ3v) is 6.67. The Morgan fingerprint density at radius 2 is 2.06 bits per heavy atom. The topological polar surface area (TPSA) is 76.5 Å². The van der Waals surface area contributed by atoms with E-state index in [2.05, 4.69) is 10.4 Å². The van der Waals surface area contributed by atoms with Crippen LogP contribution in [0.25, 0.3) is 0 Å². The fourth-order valence-electron chi connectivity index (χ4n) is 4.41. The zero-order valence-electron chi connectivity index (χ0n) is 17.8. The summed E-state index contributed by atoms with van der Waals surface area (Å²) in [7, 11) is 0. The molecule has 2 aliphatic rings. The highest BCUT2D eigenvalue weighted by Gasteiger charge is 2.32. The maximum Gasteiger partial charge on any atom is 0.287 e. The number of benzene rings is 1. The van der Waals surface area contributed by atoms with Gasteiger partial charge in [-0.3, -0.25) is 9.59 Å². The molecule has 31 heavy (non-hydrogen) atoms. The number of rotatable bonds is 6. The quantitative estimate of drug-likeness (QED) is 0.735. The molecule has 0 radical (unpaired) electrons. The highest BCUT2D eigenvalue weighted by Crippen LogP contribution is 2.29. The van der Waals surface area contributed by atoms with Crippen molar-refractivity contribution in [1.82, 2.24) is 14.7 Å². The average Bonchev–Trinajstić information content (AvgIpc) is 2.81. The van der Waals surface area contributed by atoms with Crippen LogP contribution in [0.5, 0.6) is 0 Å². The Bertz CT molecular complexity index is 959. The first-order valence-corrected chi connectivity index (χ1v) is 11.4. The second kappa shape index (κ2) is 9.83. The molecule has 2 aliphatic heterocycles. The van der Waals surface area contributed by atoms with Gasteiger partial charge < -0.3 is 15.0 Å². The third-order valence-electron chi connectivity index (χ3n) is 6.31. The Morgan fingerprint density at radius 1 is 1.26 bits per heavy atom. The number of anilines is 1. The van der Waals surface area contributed by atoms with E-state index in [1.807, 2.05) is 42.2 Å². The van der Waals surface area contributed by atoms with Crippen LogP contribution in [0, 0.1) is 5.92 Å². The summed E-state index contributed by atoms with van der Waals surface area (Å²) in [6.07, 6.45) is 4.65. The largest absolute Gasteiger partial charge is 0.382 e. The Morgan fingerprint density at radius 3 is 2.77 bits per heavy atom. The SMILES string of the molecule is CC(c1ccccc1)N1CC[C@@H](n2ncc(NC[C@@H]3CCCOC3)c(Cl)c2=O)CC1=O. The molecular formula is C23H29ClN4O3. The number of carbonyl (C=O) groups is 1. The van der Waals surface area contributed by atoms with Gasteiger partial charge in [0.25, 0.3) is 5.56 Å². The summed E-state index contributed by atoms with van der Waals surface area (Å²) in [5.41, 5.74) is 1.29.